The van der Waals surface area contributed by atoms with Gasteiger partial charge >= 0.3 is 12.1 Å². The molecule has 0 saturated heterocycles. The van der Waals surface area contributed by atoms with E-state index < -0.39 is 12.1 Å². The van der Waals surface area contributed by atoms with E-state index in [1.54, 1.807) is 25.2 Å². The van der Waals surface area contributed by atoms with Crippen LogP contribution in [0.4, 0.5) is 4.79 Å². The predicted molar refractivity (Wildman–Crippen MR) is 93.8 cm³/mol. The molecule has 1 atom stereocenters. The van der Waals surface area contributed by atoms with Crippen LogP contribution in [-0.2, 0) is 20.7 Å². The normalized spacial score (nSPS) is 11.0. The van der Waals surface area contributed by atoms with Crippen LogP contribution in [0, 0.1) is 0 Å². The summed E-state index contributed by atoms with van der Waals surface area (Å²) in [7, 11) is 0. The highest BCUT2D eigenvalue weighted by Crippen LogP contribution is 2.17. The highest BCUT2D eigenvalue weighted by molar-refractivity contribution is 7.09. The minimum absolute atomic E-state index is 0.0729. The molecule has 0 bridgehead atoms. The Hall–Kier alpha value is -1.56. The first-order valence-electron chi connectivity index (χ1n) is 8.23. The van der Waals surface area contributed by atoms with Gasteiger partial charge in [-0.25, -0.2) is 4.79 Å². The smallest absolute Gasteiger partial charge is 0.410 e. The van der Waals surface area contributed by atoms with Crippen LogP contribution in [0.25, 0.3) is 0 Å². The molecule has 132 valence electrons. The lowest BCUT2D eigenvalue weighted by molar-refractivity contribution is -0.144. The van der Waals surface area contributed by atoms with E-state index >= 15 is 0 Å². The van der Waals surface area contributed by atoms with Gasteiger partial charge in [-0.15, -0.1) is 11.3 Å². The minimum atomic E-state index is -0.464. The van der Waals surface area contributed by atoms with Gasteiger partial charge in [-0.3, -0.25) is 9.69 Å². The quantitative estimate of drug-likeness (QED) is 0.666. The maximum absolute atomic E-state index is 12.1. The number of hydrogen-bond acceptors (Lipinski definition) is 5. The summed E-state index contributed by atoms with van der Waals surface area (Å²) in [5.41, 5.74) is 0. The summed E-state index contributed by atoms with van der Waals surface area (Å²) in [4.78, 5) is 26.5. The zero-order valence-electron chi connectivity index (χ0n) is 14.8. The molecule has 0 aliphatic carbocycles. The van der Waals surface area contributed by atoms with Crippen molar-refractivity contribution in [3.8, 4) is 0 Å². The first-order valence-corrected chi connectivity index (χ1v) is 9.11. The molecule has 0 aliphatic heterocycles. The zero-order chi connectivity index (χ0) is 17.7. The molecular weight excluding hydrogens is 314 g/mol. The van der Waals surface area contributed by atoms with E-state index in [9.17, 15) is 9.59 Å². The number of rotatable bonds is 8. The number of carbonyl (C=O) groups is 2. The summed E-state index contributed by atoms with van der Waals surface area (Å²) < 4.78 is 10.0. The van der Waals surface area contributed by atoms with Gasteiger partial charge in [-0.1, -0.05) is 26.8 Å². The fourth-order valence-electron chi connectivity index (χ4n) is 2.03. The molecule has 0 fully saturated rings. The summed E-state index contributed by atoms with van der Waals surface area (Å²) in [6, 6.07) is 3.93. The molecule has 5 nitrogen and oxygen atoms in total. The van der Waals surface area contributed by atoms with Gasteiger partial charge < -0.3 is 9.47 Å². The SMILES string of the molecule is CC.CCOC(=O)CN(C(=O)OCC)C(CC)Cc1cccs1. The second kappa shape index (κ2) is 12.9. The Bertz CT molecular complexity index is 434. The van der Waals surface area contributed by atoms with Gasteiger partial charge in [0.2, 0.25) is 0 Å². The fourth-order valence-corrected chi connectivity index (χ4v) is 2.81. The monoisotopic (exact) mass is 343 g/mol. The topological polar surface area (TPSA) is 55.8 Å². The number of nitrogens with zero attached hydrogens (tertiary/aromatic N) is 1. The number of thiophene rings is 1. The molecule has 0 aromatic carbocycles. The summed E-state index contributed by atoms with van der Waals surface area (Å²) in [5, 5.41) is 2.00. The van der Waals surface area contributed by atoms with Crippen LogP contribution in [0.2, 0.25) is 0 Å². The molecule has 0 aliphatic rings. The predicted octanol–water partition coefficient (Wildman–Crippen LogP) is 4.12. The third-order valence-electron chi connectivity index (χ3n) is 3.04. The maximum Gasteiger partial charge on any atom is 0.410 e. The Morgan fingerprint density at radius 3 is 2.30 bits per heavy atom. The average Bonchev–Trinajstić information content (AvgIpc) is 3.06. The van der Waals surface area contributed by atoms with E-state index in [1.165, 1.54) is 9.78 Å². The van der Waals surface area contributed by atoms with Gasteiger partial charge in [0.1, 0.15) is 6.54 Å². The lowest BCUT2D eigenvalue weighted by atomic mass is 10.1. The molecule has 6 heteroatoms. The third kappa shape index (κ3) is 8.02. The Kier molecular flexibility index (Phi) is 12.1. The van der Waals surface area contributed by atoms with Crippen molar-refractivity contribution in [3.05, 3.63) is 22.4 Å². The first kappa shape index (κ1) is 21.4. The van der Waals surface area contributed by atoms with Gasteiger partial charge in [0.25, 0.3) is 0 Å². The van der Waals surface area contributed by atoms with Crippen molar-refractivity contribution >= 4 is 23.4 Å². The van der Waals surface area contributed by atoms with E-state index in [-0.39, 0.29) is 19.2 Å². The first-order chi connectivity index (χ1) is 11.1. The number of hydrogen-bond donors (Lipinski definition) is 0. The van der Waals surface area contributed by atoms with E-state index in [1.807, 2.05) is 38.3 Å². The Balaban J connectivity index is 0.00000232. The van der Waals surface area contributed by atoms with Crippen molar-refractivity contribution in [2.24, 2.45) is 0 Å². The van der Waals surface area contributed by atoms with E-state index in [4.69, 9.17) is 9.47 Å². The number of esters is 1. The number of ether oxygens (including phenoxy) is 2. The van der Waals surface area contributed by atoms with Crippen molar-refractivity contribution in [1.82, 2.24) is 4.90 Å². The van der Waals surface area contributed by atoms with Gasteiger partial charge in [0.05, 0.1) is 13.2 Å². The summed E-state index contributed by atoms with van der Waals surface area (Å²) in [6.07, 6.45) is 0.997. The van der Waals surface area contributed by atoms with Crippen LogP contribution < -0.4 is 0 Å². The largest absolute Gasteiger partial charge is 0.465 e. The summed E-state index contributed by atoms with van der Waals surface area (Å²) in [6.45, 7) is 10.0. The van der Waals surface area contributed by atoms with Crippen molar-refractivity contribution < 1.29 is 19.1 Å². The molecule has 0 saturated carbocycles. The highest BCUT2D eigenvalue weighted by atomic mass is 32.1. The molecule has 0 radical (unpaired) electrons. The van der Waals surface area contributed by atoms with Gasteiger partial charge in [0, 0.05) is 17.3 Å². The minimum Gasteiger partial charge on any atom is -0.465 e. The Morgan fingerprint density at radius 2 is 1.83 bits per heavy atom. The average molecular weight is 343 g/mol. The fraction of sp³-hybridized carbons (Fsp3) is 0.647. The zero-order valence-corrected chi connectivity index (χ0v) is 15.6. The van der Waals surface area contributed by atoms with Crippen LogP contribution >= 0.6 is 11.3 Å². The van der Waals surface area contributed by atoms with Crippen LogP contribution in [0.5, 0.6) is 0 Å². The molecule has 1 aromatic rings. The van der Waals surface area contributed by atoms with Crippen molar-refractivity contribution in [2.45, 2.75) is 53.5 Å². The second-order valence-electron chi connectivity index (χ2n) is 4.48. The van der Waals surface area contributed by atoms with Gasteiger partial charge in [-0.2, -0.15) is 0 Å². The van der Waals surface area contributed by atoms with Gasteiger partial charge in [-0.05, 0) is 31.7 Å². The van der Waals surface area contributed by atoms with Crippen LogP contribution in [0.3, 0.4) is 0 Å². The van der Waals surface area contributed by atoms with Crippen LogP contribution in [0.1, 0.15) is 45.9 Å². The molecule has 0 N–H and O–H groups in total. The second-order valence-corrected chi connectivity index (χ2v) is 5.51. The molecule has 0 spiro atoms. The molecule has 23 heavy (non-hydrogen) atoms. The van der Waals surface area contributed by atoms with Crippen LogP contribution in [0.15, 0.2) is 17.5 Å². The molecule has 1 rings (SSSR count). The standard InChI is InChI=1S/C15H23NO4S.C2H6/c1-4-12(10-13-8-7-9-21-13)16(15(18)20-6-3)11-14(17)19-5-2;1-2/h7-9,12H,4-6,10-11H2,1-3H3;1-2H3. The molecule has 1 heterocycles. The summed E-state index contributed by atoms with van der Waals surface area (Å²) in [5.74, 6) is -0.407. The molecule has 1 unspecified atom stereocenters. The Labute approximate surface area is 143 Å². The number of amides is 1. The highest BCUT2D eigenvalue weighted by Gasteiger charge is 2.26. The van der Waals surface area contributed by atoms with Crippen molar-refractivity contribution in [3.63, 3.8) is 0 Å². The van der Waals surface area contributed by atoms with Crippen molar-refractivity contribution in [1.29, 1.82) is 0 Å². The van der Waals surface area contributed by atoms with Crippen LogP contribution in [-0.4, -0.2) is 42.8 Å². The molecular formula is C17H29NO4S. The third-order valence-corrected chi connectivity index (χ3v) is 3.93. The maximum atomic E-state index is 12.1. The van der Waals surface area contributed by atoms with Gasteiger partial charge in [0.15, 0.2) is 0 Å². The van der Waals surface area contributed by atoms with E-state index in [2.05, 4.69) is 0 Å². The van der Waals surface area contributed by atoms with E-state index in [0.29, 0.717) is 13.0 Å². The lowest BCUT2D eigenvalue weighted by Crippen LogP contribution is -2.45. The summed E-state index contributed by atoms with van der Waals surface area (Å²) >= 11 is 1.64. The molecule has 1 amide bonds. The lowest BCUT2D eigenvalue weighted by Gasteiger charge is -2.29. The van der Waals surface area contributed by atoms with E-state index in [0.717, 1.165) is 6.42 Å². The Morgan fingerprint density at radius 1 is 1.17 bits per heavy atom. The number of carbonyl (C=O) groups excluding carboxylic acids is 2. The van der Waals surface area contributed by atoms with Crippen molar-refractivity contribution in [2.75, 3.05) is 19.8 Å². The molecule has 1 aromatic heterocycles.